The van der Waals surface area contributed by atoms with E-state index in [1.54, 1.807) is 0 Å². The van der Waals surface area contributed by atoms with Crippen LogP contribution in [0.1, 0.15) is 10.4 Å². The summed E-state index contributed by atoms with van der Waals surface area (Å²) in [6.07, 6.45) is 1.35. The Kier molecular flexibility index (Phi) is 1.81. The zero-order valence-electron chi connectivity index (χ0n) is 7.33. The van der Waals surface area contributed by atoms with Gasteiger partial charge in [-0.25, -0.2) is 9.78 Å². The molecule has 0 atom stereocenters. The molecule has 2 heterocycles. The second-order valence-corrected chi connectivity index (χ2v) is 2.69. The first-order valence-electron chi connectivity index (χ1n) is 3.87. The number of aromatic nitrogens is 3. The van der Waals surface area contributed by atoms with Crippen molar-refractivity contribution >= 4 is 17.0 Å². The van der Waals surface area contributed by atoms with E-state index in [2.05, 4.69) is 19.9 Å². The first-order chi connectivity index (χ1) is 6.72. The van der Waals surface area contributed by atoms with E-state index in [-0.39, 0.29) is 11.1 Å². The summed E-state index contributed by atoms with van der Waals surface area (Å²) < 4.78 is 4.50. The molecule has 2 rings (SSSR count). The molecule has 6 nitrogen and oxygen atoms in total. The number of carbonyl (C=O) groups is 1. The standard InChI is InChI=1S/C8H7N3O3/c1-14-8(13)4-2-5-6(9-3-4)10-11-7(5)12/h2-3H,1H3,(H2,9,10,11,12). The molecule has 2 aromatic heterocycles. The zero-order valence-corrected chi connectivity index (χ0v) is 7.33. The number of aromatic amines is 2. The van der Waals surface area contributed by atoms with Crippen molar-refractivity contribution in [3.63, 3.8) is 0 Å². The van der Waals surface area contributed by atoms with Gasteiger partial charge in [-0.1, -0.05) is 0 Å². The van der Waals surface area contributed by atoms with Gasteiger partial charge in [0.05, 0.1) is 18.1 Å². The Balaban J connectivity index is 2.66. The van der Waals surface area contributed by atoms with Gasteiger partial charge in [-0.15, -0.1) is 0 Å². The number of rotatable bonds is 1. The van der Waals surface area contributed by atoms with Gasteiger partial charge in [0.2, 0.25) is 0 Å². The Morgan fingerprint density at radius 2 is 2.29 bits per heavy atom. The summed E-state index contributed by atoms with van der Waals surface area (Å²) in [5.74, 6) is -0.514. The Morgan fingerprint density at radius 3 is 3.00 bits per heavy atom. The summed E-state index contributed by atoms with van der Waals surface area (Å²) in [7, 11) is 1.27. The first-order valence-corrected chi connectivity index (χ1v) is 3.87. The largest absolute Gasteiger partial charge is 0.465 e. The maximum Gasteiger partial charge on any atom is 0.339 e. The summed E-state index contributed by atoms with van der Waals surface area (Å²) in [6, 6.07) is 1.43. The average Bonchev–Trinajstić information content (AvgIpc) is 2.59. The number of H-pyrrole nitrogens is 2. The summed E-state index contributed by atoms with van der Waals surface area (Å²) in [4.78, 5) is 26.2. The van der Waals surface area contributed by atoms with E-state index in [1.807, 2.05) is 0 Å². The quantitative estimate of drug-likeness (QED) is 0.626. The monoisotopic (exact) mass is 193 g/mol. The SMILES string of the molecule is COC(=O)c1cnc2[nH][nH]c(=O)c2c1. The van der Waals surface area contributed by atoms with Crippen LogP contribution in [0.2, 0.25) is 0 Å². The van der Waals surface area contributed by atoms with Crippen molar-refractivity contribution in [2.24, 2.45) is 0 Å². The third-order valence-electron chi connectivity index (χ3n) is 1.85. The first kappa shape index (κ1) is 8.49. The fraction of sp³-hybridized carbons (Fsp3) is 0.125. The van der Waals surface area contributed by atoms with Crippen LogP contribution in [0.3, 0.4) is 0 Å². The number of pyridine rings is 1. The molecule has 6 heteroatoms. The van der Waals surface area contributed by atoms with E-state index < -0.39 is 5.97 Å². The molecule has 0 aliphatic carbocycles. The highest BCUT2D eigenvalue weighted by molar-refractivity contribution is 5.92. The summed E-state index contributed by atoms with van der Waals surface area (Å²) in [6.45, 7) is 0. The van der Waals surface area contributed by atoms with Crippen LogP contribution in [0.25, 0.3) is 11.0 Å². The maximum atomic E-state index is 11.2. The molecule has 0 fully saturated rings. The van der Waals surface area contributed by atoms with Crippen molar-refractivity contribution in [3.05, 3.63) is 28.2 Å². The Bertz CT molecular complexity index is 540. The van der Waals surface area contributed by atoms with Gasteiger partial charge in [-0.05, 0) is 6.07 Å². The van der Waals surface area contributed by atoms with Crippen molar-refractivity contribution in [2.45, 2.75) is 0 Å². The number of esters is 1. The molecule has 2 N–H and O–H groups in total. The second kappa shape index (κ2) is 2.99. The molecule has 0 saturated carbocycles. The van der Waals surface area contributed by atoms with E-state index in [0.29, 0.717) is 11.0 Å². The number of hydrogen-bond donors (Lipinski definition) is 2. The van der Waals surface area contributed by atoms with Gasteiger partial charge in [-0.2, -0.15) is 0 Å². The van der Waals surface area contributed by atoms with E-state index in [4.69, 9.17) is 0 Å². The number of carbonyl (C=O) groups excluding carboxylic acids is 1. The lowest BCUT2D eigenvalue weighted by atomic mass is 10.2. The number of nitrogens with zero attached hydrogens (tertiary/aromatic N) is 1. The predicted molar refractivity (Wildman–Crippen MR) is 48.1 cm³/mol. The number of methoxy groups -OCH3 is 1. The minimum Gasteiger partial charge on any atom is -0.465 e. The van der Waals surface area contributed by atoms with E-state index in [1.165, 1.54) is 19.4 Å². The normalized spacial score (nSPS) is 10.4. The van der Waals surface area contributed by atoms with Crippen molar-refractivity contribution in [2.75, 3.05) is 7.11 Å². The van der Waals surface area contributed by atoms with E-state index in [9.17, 15) is 9.59 Å². The zero-order chi connectivity index (χ0) is 10.1. The van der Waals surface area contributed by atoms with Gasteiger partial charge in [0.15, 0.2) is 5.65 Å². The van der Waals surface area contributed by atoms with Gasteiger partial charge in [-0.3, -0.25) is 15.0 Å². The van der Waals surface area contributed by atoms with Crippen LogP contribution in [0.15, 0.2) is 17.1 Å². The number of nitrogens with one attached hydrogen (secondary N) is 2. The van der Waals surface area contributed by atoms with Crippen molar-refractivity contribution in [1.29, 1.82) is 0 Å². The topological polar surface area (TPSA) is 87.8 Å². The fourth-order valence-corrected chi connectivity index (χ4v) is 1.15. The minimum atomic E-state index is -0.514. The third kappa shape index (κ3) is 1.17. The van der Waals surface area contributed by atoms with Crippen LogP contribution in [-0.2, 0) is 4.74 Å². The molecule has 0 aromatic carbocycles. The third-order valence-corrected chi connectivity index (χ3v) is 1.85. The average molecular weight is 193 g/mol. The Morgan fingerprint density at radius 1 is 1.50 bits per heavy atom. The number of hydrogen-bond acceptors (Lipinski definition) is 4. The molecule has 0 amide bonds. The lowest BCUT2D eigenvalue weighted by molar-refractivity contribution is 0.0600. The van der Waals surface area contributed by atoms with E-state index in [0.717, 1.165) is 0 Å². The molecule has 0 saturated heterocycles. The maximum absolute atomic E-state index is 11.2. The summed E-state index contributed by atoms with van der Waals surface area (Å²) in [5, 5.41) is 5.28. The highest BCUT2D eigenvalue weighted by Crippen LogP contribution is 2.06. The lowest BCUT2D eigenvalue weighted by Gasteiger charge is -1.96. The smallest absolute Gasteiger partial charge is 0.339 e. The summed E-state index contributed by atoms with van der Waals surface area (Å²) >= 11 is 0. The van der Waals surface area contributed by atoms with Crippen LogP contribution in [0, 0.1) is 0 Å². The van der Waals surface area contributed by atoms with Crippen molar-refractivity contribution in [3.8, 4) is 0 Å². The lowest BCUT2D eigenvalue weighted by Crippen LogP contribution is -2.03. The van der Waals surface area contributed by atoms with Crippen LogP contribution < -0.4 is 5.56 Å². The Labute approximate surface area is 77.9 Å². The van der Waals surface area contributed by atoms with Crippen molar-refractivity contribution in [1.82, 2.24) is 15.2 Å². The van der Waals surface area contributed by atoms with Crippen LogP contribution >= 0.6 is 0 Å². The predicted octanol–water partition coefficient (Wildman–Crippen LogP) is 0.0378. The van der Waals surface area contributed by atoms with Crippen LogP contribution in [-0.4, -0.2) is 28.3 Å². The van der Waals surface area contributed by atoms with Gasteiger partial charge in [0, 0.05) is 6.20 Å². The molecule has 0 radical (unpaired) electrons. The molecular formula is C8H7N3O3. The molecule has 14 heavy (non-hydrogen) atoms. The molecule has 0 spiro atoms. The molecule has 0 aliphatic rings. The molecule has 0 unspecified atom stereocenters. The van der Waals surface area contributed by atoms with Gasteiger partial charge in [0.25, 0.3) is 5.56 Å². The van der Waals surface area contributed by atoms with Gasteiger partial charge >= 0.3 is 5.97 Å². The van der Waals surface area contributed by atoms with Crippen LogP contribution in [0.4, 0.5) is 0 Å². The molecule has 72 valence electrons. The van der Waals surface area contributed by atoms with Crippen molar-refractivity contribution < 1.29 is 9.53 Å². The summed E-state index contributed by atoms with van der Waals surface area (Å²) in [5.41, 5.74) is 0.367. The molecule has 0 aliphatic heterocycles. The second-order valence-electron chi connectivity index (χ2n) is 2.69. The van der Waals surface area contributed by atoms with Crippen LogP contribution in [0.5, 0.6) is 0 Å². The van der Waals surface area contributed by atoms with E-state index >= 15 is 0 Å². The molecule has 0 bridgehead atoms. The minimum absolute atomic E-state index is 0.255. The fourth-order valence-electron chi connectivity index (χ4n) is 1.15. The molecular weight excluding hydrogens is 186 g/mol. The van der Waals surface area contributed by atoms with Gasteiger partial charge < -0.3 is 4.74 Å². The highest BCUT2D eigenvalue weighted by Gasteiger charge is 2.09. The Hall–Kier alpha value is -2.11. The molecule has 2 aromatic rings. The number of ether oxygens (including phenoxy) is 1. The van der Waals surface area contributed by atoms with Gasteiger partial charge in [0.1, 0.15) is 0 Å². The highest BCUT2D eigenvalue weighted by atomic mass is 16.5. The number of fused-ring (bicyclic) bond motifs is 1.